The Bertz CT molecular complexity index is 1570. The first-order valence-corrected chi connectivity index (χ1v) is 11.6. The normalized spacial score (nSPS) is 11.0. The predicted octanol–water partition coefficient (Wildman–Crippen LogP) is 3.72. The third-order valence-corrected chi connectivity index (χ3v) is 6.07. The second-order valence-electron chi connectivity index (χ2n) is 7.41. The molecule has 0 radical (unpaired) electrons. The molecule has 10 nitrogen and oxygen atoms in total. The van der Waals surface area contributed by atoms with Gasteiger partial charge in [0.25, 0.3) is 5.56 Å². The fraction of sp³-hybridized carbons (Fsp3) is 0.125. The summed E-state index contributed by atoms with van der Waals surface area (Å²) in [6.45, 7) is 1.58. The smallest absolute Gasteiger partial charge is 0.341 e. The van der Waals surface area contributed by atoms with Gasteiger partial charge in [0.15, 0.2) is 5.65 Å². The molecular weight excluding hydrogens is 470 g/mol. The molecule has 5 aromatic rings. The van der Waals surface area contributed by atoms with Gasteiger partial charge in [-0.3, -0.25) is 14.2 Å². The molecule has 0 aliphatic rings. The van der Waals surface area contributed by atoms with Gasteiger partial charge in [-0.1, -0.05) is 18.2 Å². The van der Waals surface area contributed by atoms with Crippen LogP contribution in [-0.2, 0) is 16.1 Å². The van der Waals surface area contributed by atoms with Crippen LogP contribution in [0.25, 0.3) is 28.0 Å². The molecule has 176 valence electrons. The highest BCUT2D eigenvalue weighted by molar-refractivity contribution is 7.15. The zero-order valence-corrected chi connectivity index (χ0v) is 19.3. The number of hydrogen-bond acceptors (Lipinski definition) is 8. The van der Waals surface area contributed by atoms with Crippen molar-refractivity contribution in [1.29, 1.82) is 0 Å². The highest BCUT2D eigenvalue weighted by Crippen LogP contribution is 2.36. The van der Waals surface area contributed by atoms with E-state index in [1.807, 2.05) is 30.3 Å². The maximum Gasteiger partial charge on any atom is 0.341 e. The maximum atomic E-state index is 13.0. The summed E-state index contributed by atoms with van der Waals surface area (Å²) in [5.41, 5.74) is 1.47. The van der Waals surface area contributed by atoms with Gasteiger partial charge in [0, 0.05) is 10.9 Å². The molecule has 1 amide bonds. The van der Waals surface area contributed by atoms with Crippen molar-refractivity contribution in [3.63, 3.8) is 0 Å². The van der Waals surface area contributed by atoms with Crippen molar-refractivity contribution in [2.45, 2.75) is 13.5 Å². The minimum atomic E-state index is -0.580. The van der Waals surface area contributed by atoms with Crippen molar-refractivity contribution in [2.75, 3.05) is 11.9 Å². The van der Waals surface area contributed by atoms with Gasteiger partial charge in [-0.2, -0.15) is 5.10 Å². The molecule has 0 aliphatic carbocycles. The molecule has 0 saturated heterocycles. The van der Waals surface area contributed by atoms with Crippen molar-refractivity contribution >= 4 is 39.2 Å². The number of anilines is 1. The number of aromatic nitrogens is 4. The van der Waals surface area contributed by atoms with Crippen molar-refractivity contribution in [2.24, 2.45) is 0 Å². The first-order chi connectivity index (χ1) is 17.1. The number of nitrogens with one attached hydrogen (secondary N) is 1. The Hall–Kier alpha value is -4.51. The second-order valence-corrected chi connectivity index (χ2v) is 8.29. The highest BCUT2D eigenvalue weighted by Gasteiger charge is 2.24. The summed E-state index contributed by atoms with van der Waals surface area (Å²) in [5.74, 6) is -0.600. The van der Waals surface area contributed by atoms with Crippen LogP contribution in [0.1, 0.15) is 17.3 Å². The van der Waals surface area contributed by atoms with Crippen molar-refractivity contribution < 1.29 is 18.7 Å². The zero-order valence-electron chi connectivity index (χ0n) is 18.5. The van der Waals surface area contributed by atoms with Gasteiger partial charge in [-0.05, 0) is 31.2 Å². The van der Waals surface area contributed by atoms with Gasteiger partial charge < -0.3 is 14.5 Å². The van der Waals surface area contributed by atoms with Crippen LogP contribution in [0.4, 0.5) is 5.00 Å². The number of rotatable bonds is 7. The SMILES string of the molecule is CCOC(=O)c1c(-c2ccco2)csc1NC(=O)Cn1cnc2c(cnn2-c2ccccc2)c1=O. The van der Waals surface area contributed by atoms with Gasteiger partial charge in [-0.15, -0.1) is 11.3 Å². The molecule has 1 aromatic carbocycles. The summed E-state index contributed by atoms with van der Waals surface area (Å²) in [6, 6.07) is 12.7. The quantitative estimate of drug-likeness (QED) is 0.346. The molecule has 11 heteroatoms. The Kier molecular flexibility index (Phi) is 5.98. The largest absolute Gasteiger partial charge is 0.464 e. The van der Waals surface area contributed by atoms with Crippen LogP contribution in [0.2, 0.25) is 0 Å². The minimum Gasteiger partial charge on any atom is -0.464 e. The fourth-order valence-corrected chi connectivity index (χ4v) is 4.56. The van der Waals surface area contributed by atoms with E-state index in [0.717, 1.165) is 5.69 Å². The zero-order chi connectivity index (χ0) is 24.4. The lowest BCUT2D eigenvalue weighted by molar-refractivity contribution is -0.116. The van der Waals surface area contributed by atoms with Crippen LogP contribution in [0.3, 0.4) is 0 Å². The molecule has 0 atom stereocenters. The summed E-state index contributed by atoms with van der Waals surface area (Å²) < 4.78 is 13.3. The molecule has 35 heavy (non-hydrogen) atoms. The van der Waals surface area contributed by atoms with E-state index in [4.69, 9.17) is 9.15 Å². The molecule has 1 N–H and O–H groups in total. The Morgan fingerprint density at radius 1 is 1.17 bits per heavy atom. The lowest BCUT2D eigenvalue weighted by atomic mass is 10.1. The number of fused-ring (bicyclic) bond motifs is 1. The maximum absolute atomic E-state index is 13.0. The van der Waals surface area contributed by atoms with Crippen LogP contribution in [0, 0.1) is 0 Å². The average Bonchev–Trinajstić information content (AvgIpc) is 3.61. The van der Waals surface area contributed by atoms with Gasteiger partial charge in [0.2, 0.25) is 5.91 Å². The number of esters is 1. The van der Waals surface area contributed by atoms with Crippen LogP contribution >= 0.6 is 11.3 Å². The number of thiophene rings is 1. The number of nitrogens with zero attached hydrogens (tertiary/aromatic N) is 4. The number of carbonyl (C=O) groups excluding carboxylic acids is 2. The van der Waals surface area contributed by atoms with Crippen LogP contribution < -0.4 is 10.9 Å². The number of amides is 1. The summed E-state index contributed by atoms with van der Waals surface area (Å²) >= 11 is 1.17. The van der Waals surface area contributed by atoms with E-state index >= 15 is 0 Å². The van der Waals surface area contributed by atoms with E-state index in [1.165, 1.54) is 34.7 Å². The Morgan fingerprint density at radius 2 is 2.00 bits per heavy atom. The van der Waals surface area contributed by atoms with Gasteiger partial charge in [0.1, 0.15) is 34.6 Å². The van der Waals surface area contributed by atoms with Crippen LogP contribution in [-0.4, -0.2) is 37.8 Å². The van der Waals surface area contributed by atoms with E-state index < -0.39 is 17.4 Å². The van der Waals surface area contributed by atoms with E-state index in [0.29, 0.717) is 22.0 Å². The fourth-order valence-electron chi connectivity index (χ4n) is 3.61. The first-order valence-electron chi connectivity index (χ1n) is 10.7. The van der Waals surface area contributed by atoms with Gasteiger partial charge in [-0.25, -0.2) is 14.5 Å². The molecule has 5 rings (SSSR count). The molecule has 0 saturated carbocycles. The monoisotopic (exact) mass is 489 g/mol. The number of carbonyl (C=O) groups is 2. The van der Waals surface area contributed by atoms with Crippen molar-refractivity contribution in [3.05, 3.63) is 82.5 Å². The molecule has 4 aromatic heterocycles. The van der Waals surface area contributed by atoms with E-state index in [2.05, 4.69) is 15.4 Å². The van der Waals surface area contributed by atoms with Crippen molar-refractivity contribution in [1.82, 2.24) is 19.3 Å². The minimum absolute atomic E-state index is 0.178. The molecule has 0 spiro atoms. The van der Waals surface area contributed by atoms with E-state index in [9.17, 15) is 14.4 Å². The topological polar surface area (TPSA) is 121 Å². The summed E-state index contributed by atoms with van der Waals surface area (Å²) in [4.78, 5) is 42.8. The molecule has 0 bridgehead atoms. The Morgan fingerprint density at radius 3 is 2.74 bits per heavy atom. The van der Waals surface area contributed by atoms with Crippen LogP contribution in [0.15, 0.2) is 75.8 Å². The molecule has 0 unspecified atom stereocenters. The average molecular weight is 490 g/mol. The van der Waals surface area contributed by atoms with E-state index in [1.54, 1.807) is 29.1 Å². The van der Waals surface area contributed by atoms with Crippen LogP contribution in [0.5, 0.6) is 0 Å². The number of hydrogen-bond donors (Lipinski definition) is 1. The summed E-state index contributed by atoms with van der Waals surface area (Å²) in [7, 11) is 0. The predicted molar refractivity (Wildman–Crippen MR) is 130 cm³/mol. The third-order valence-electron chi connectivity index (χ3n) is 5.18. The Balaban J connectivity index is 1.41. The highest BCUT2D eigenvalue weighted by atomic mass is 32.1. The third kappa shape index (κ3) is 4.24. The number of furan rings is 1. The van der Waals surface area contributed by atoms with E-state index in [-0.39, 0.29) is 24.1 Å². The molecule has 0 aliphatic heterocycles. The van der Waals surface area contributed by atoms with Gasteiger partial charge >= 0.3 is 5.97 Å². The number of ether oxygens (including phenoxy) is 1. The van der Waals surface area contributed by atoms with Gasteiger partial charge in [0.05, 0.1) is 24.8 Å². The molecule has 4 heterocycles. The summed E-state index contributed by atoms with van der Waals surface area (Å²) in [5, 5.41) is 9.28. The lowest BCUT2D eigenvalue weighted by Gasteiger charge is -2.09. The standard InChI is InChI=1S/C24H19N5O5S/c1-2-33-24(32)20-17(18-9-6-10-34-18)13-35-22(20)27-19(30)12-28-14-25-21-16(23(28)31)11-26-29(21)15-7-4-3-5-8-15/h3-11,13-14H,2,12H2,1H3,(H,27,30). The number of benzene rings is 1. The first kappa shape index (κ1) is 22.3. The van der Waals surface area contributed by atoms with Crippen molar-refractivity contribution in [3.8, 4) is 17.0 Å². The molecule has 0 fully saturated rings. The lowest BCUT2D eigenvalue weighted by Crippen LogP contribution is -2.28. The Labute approximate surface area is 202 Å². The summed E-state index contributed by atoms with van der Waals surface area (Å²) in [6.07, 6.45) is 4.23. The second kappa shape index (κ2) is 9.39. The molecular formula is C24H19N5O5S. The number of para-hydroxylation sites is 1.